The highest BCUT2D eigenvalue weighted by atomic mass is 35.5. The fourth-order valence-electron chi connectivity index (χ4n) is 3.15. The van der Waals surface area contributed by atoms with Gasteiger partial charge in [-0.2, -0.15) is 0 Å². The number of nitrogens with zero attached hydrogens (tertiary/aromatic N) is 1. The third-order valence-electron chi connectivity index (χ3n) is 4.64. The number of carbonyl (C=O) groups is 1. The van der Waals surface area contributed by atoms with Gasteiger partial charge in [0.2, 0.25) is 0 Å². The van der Waals surface area contributed by atoms with E-state index in [2.05, 4.69) is 10.0 Å². The quantitative estimate of drug-likeness (QED) is 0.375. The zero-order valence-corrected chi connectivity index (χ0v) is 19.0. The molecule has 0 radical (unpaired) electrons. The molecule has 0 fully saturated rings. The number of rotatable bonds is 6. The zero-order valence-electron chi connectivity index (χ0n) is 17.5. The number of non-ortho nitro benzene ring substituents is 1. The summed E-state index contributed by atoms with van der Waals surface area (Å²) in [5, 5.41) is 13.5. The predicted molar refractivity (Wildman–Crippen MR) is 124 cm³/mol. The molecule has 8 nitrogen and oxygen atoms in total. The molecule has 0 saturated heterocycles. The SMILES string of the molecule is Cc1cc(C)cc(NS(=O)(=O)c2cc(C(=O)Nc3cc([N+](=O)[O-])ccc3C)ccc2Cl)c1. The number of nitro groups is 1. The van der Waals surface area contributed by atoms with Gasteiger partial charge in [0.15, 0.2) is 0 Å². The number of hydrogen-bond acceptors (Lipinski definition) is 5. The van der Waals surface area contributed by atoms with E-state index < -0.39 is 20.9 Å². The Morgan fingerprint density at radius 1 is 0.969 bits per heavy atom. The molecule has 3 aromatic carbocycles. The van der Waals surface area contributed by atoms with Crippen LogP contribution >= 0.6 is 11.6 Å². The topological polar surface area (TPSA) is 118 Å². The largest absolute Gasteiger partial charge is 0.321 e. The summed E-state index contributed by atoms with van der Waals surface area (Å²) in [4.78, 5) is 22.9. The summed E-state index contributed by atoms with van der Waals surface area (Å²) in [5.74, 6) is -0.631. The molecule has 0 bridgehead atoms. The maximum Gasteiger partial charge on any atom is 0.271 e. The van der Waals surface area contributed by atoms with Gasteiger partial charge in [-0.1, -0.05) is 23.7 Å². The second-order valence-corrected chi connectivity index (χ2v) is 9.40. The molecule has 0 aliphatic rings. The summed E-state index contributed by atoms with van der Waals surface area (Å²) < 4.78 is 28.4. The van der Waals surface area contributed by atoms with Crippen molar-refractivity contribution in [3.8, 4) is 0 Å². The maximum absolute atomic E-state index is 12.9. The van der Waals surface area contributed by atoms with Gasteiger partial charge < -0.3 is 5.32 Å². The highest BCUT2D eigenvalue weighted by Crippen LogP contribution is 2.27. The Bertz CT molecular complexity index is 1320. The third kappa shape index (κ3) is 5.24. The molecule has 3 aromatic rings. The number of nitrogens with one attached hydrogen (secondary N) is 2. The second-order valence-electron chi connectivity index (χ2n) is 7.34. The molecule has 2 N–H and O–H groups in total. The van der Waals surface area contributed by atoms with E-state index in [0.717, 1.165) is 17.2 Å². The molecule has 0 aromatic heterocycles. The van der Waals surface area contributed by atoms with Crippen molar-refractivity contribution in [3.63, 3.8) is 0 Å². The first-order chi connectivity index (χ1) is 15.0. The third-order valence-corrected chi connectivity index (χ3v) is 6.50. The van der Waals surface area contributed by atoms with Crippen LogP contribution in [0.3, 0.4) is 0 Å². The van der Waals surface area contributed by atoms with E-state index in [9.17, 15) is 23.3 Å². The van der Waals surface area contributed by atoms with Gasteiger partial charge in [0.1, 0.15) is 4.90 Å². The Labute approximate surface area is 190 Å². The van der Waals surface area contributed by atoms with Crippen molar-refractivity contribution in [1.82, 2.24) is 0 Å². The van der Waals surface area contributed by atoms with Crippen LogP contribution in [0.15, 0.2) is 59.5 Å². The number of benzene rings is 3. The van der Waals surface area contributed by atoms with Crippen LogP contribution < -0.4 is 10.0 Å². The highest BCUT2D eigenvalue weighted by Gasteiger charge is 2.21. The van der Waals surface area contributed by atoms with Crippen LogP contribution in [0.1, 0.15) is 27.0 Å². The van der Waals surface area contributed by atoms with Gasteiger partial charge in [-0.3, -0.25) is 19.6 Å². The van der Waals surface area contributed by atoms with Crippen LogP contribution in [0.4, 0.5) is 17.1 Å². The van der Waals surface area contributed by atoms with Crippen LogP contribution in [-0.4, -0.2) is 19.2 Å². The lowest BCUT2D eigenvalue weighted by Crippen LogP contribution is -2.17. The molecule has 10 heteroatoms. The molecule has 0 spiro atoms. The van der Waals surface area contributed by atoms with Crippen molar-refractivity contribution in [2.24, 2.45) is 0 Å². The molecule has 0 saturated carbocycles. The molecule has 166 valence electrons. The molecule has 32 heavy (non-hydrogen) atoms. The van der Waals surface area contributed by atoms with Crippen molar-refractivity contribution in [1.29, 1.82) is 0 Å². The fourth-order valence-corrected chi connectivity index (χ4v) is 4.71. The zero-order chi connectivity index (χ0) is 23.6. The average molecular weight is 474 g/mol. The van der Waals surface area contributed by atoms with Crippen LogP contribution in [-0.2, 0) is 10.0 Å². The minimum Gasteiger partial charge on any atom is -0.321 e. The van der Waals surface area contributed by atoms with Crippen molar-refractivity contribution in [2.75, 3.05) is 10.0 Å². The van der Waals surface area contributed by atoms with Crippen molar-refractivity contribution >= 4 is 44.6 Å². The molecule has 0 unspecified atom stereocenters. The van der Waals surface area contributed by atoms with Gasteiger partial charge in [-0.05, 0) is 67.8 Å². The Kier molecular flexibility index (Phi) is 6.52. The Balaban J connectivity index is 1.92. The molecule has 0 heterocycles. The van der Waals surface area contributed by atoms with Crippen LogP contribution in [0.2, 0.25) is 5.02 Å². The fraction of sp³-hybridized carbons (Fsp3) is 0.136. The van der Waals surface area contributed by atoms with Crippen molar-refractivity contribution < 1.29 is 18.1 Å². The Morgan fingerprint density at radius 2 is 1.62 bits per heavy atom. The maximum atomic E-state index is 12.9. The molecule has 1 amide bonds. The number of aryl methyl sites for hydroxylation is 3. The number of amides is 1. The summed E-state index contributed by atoms with van der Waals surface area (Å²) in [6, 6.07) is 13.2. The normalized spacial score (nSPS) is 11.1. The summed E-state index contributed by atoms with van der Waals surface area (Å²) in [6.07, 6.45) is 0. The van der Waals surface area contributed by atoms with E-state index in [0.29, 0.717) is 11.3 Å². The number of sulfonamides is 1. The molecule has 0 aliphatic heterocycles. The first kappa shape index (κ1) is 23.2. The van der Waals surface area contributed by atoms with Crippen LogP contribution in [0.5, 0.6) is 0 Å². The number of halogens is 1. The average Bonchev–Trinajstić information content (AvgIpc) is 2.68. The number of hydrogen-bond donors (Lipinski definition) is 2. The lowest BCUT2D eigenvalue weighted by Gasteiger charge is -2.13. The lowest BCUT2D eigenvalue weighted by molar-refractivity contribution is -0.384. The van der Waals surface area contributed by atoms with E-state index in [1.54, 1.807) is 19.1 Å². The molecular formula is C22H20ClN3O5S. The minimum atomic E-state index is -4.08. The standard InChI is InChI=1S/C22H20ClN3O5S/c1-13-8-14(2)10-17(9-13)25-32(30,31)21-11-16(5-7-19(21)23)22(27)24-20-12-18(26(28)29)6-4-15(20)3/h4-12,25H,1-3H3,(H,24,27). The Morgan fingerprint density at radius 3 is 2.25 bits per heavy atom. The highest BCUT2D eigenvalue weighted by molar-refractivity contribution is 7.92. The van der Waals surface area contributed by atoms with Gasteiger partial charge in [-0.25, -0.2) is 8.42 Å². The summed E-state index contributed by atoms with van der Waals surface area (Å²) in [7, 11) is -4.08. The monoisotopic (exact) mass is 473 g/mol. The molecular weight excluding hydrogens is 454 g/mol. The van der Waals surface area contributed by atoms with Gasteiger partial charge >= 0.3 is 0 Å². The minimum absolute atomic E-state index is 0.0288. The number of nitro benzene ring substituents is 1. The van der Waals surface area contributed by atoms with Crippen molar-refractivity contribution in [2.45, 2.75) is 25.7 Å². The molecule has 3 rings (SSSR count). The van der Waals surface area contributed by atoms with Crippen molar-refractivity contribution in [3.05, 3.63) is 92.0 Å². The van der Waals surface area contributed by atoms with Gasteiger partial charge in [-0.15, -0.1) is 0 Å². The number of anilines is 2. The van der Waals surface area contributed by atoms with E-state index in [1.807, 2.05) is 19.9 Å². The molecule has 0 atom stereocenters. The van der Waals surface area contributed by atoms with Gasteiger partial charge in [0.25, 0.3) is 21.6 Å². The van der Waals surface area contributed by atoms with Crippen LogP contribution in [0, 0.1) is 30.9 Å². The van der Waals surface area contributed by atoms with Gasteiger partial charge in [0, 0.05) is 23.4 Å². The van der Waals surface area contributed by atoms with E-state index in [-0.39, 0.29) is 26.9 Å². The smallest absolute Gasteiger partial charge is 0.271 e. The van der Waals surface area contributed by atoms with E-state index >= 15 is 0 Å². The summed E-state index contributed by atoms with van der Waals surface area (Å²) in [5.41, 5.74) is 2.85. The van der Waals surface area contributed by atoms with E-state index in [4.69, 9.17) is 11.6 Å². The van der Waals surface area contributed by atoms with E-state index in [1.165, 1.54) is 30.3 Å². The van der Waals surface area contributed by atoms with Gasteiger partial charge in [0.05, 0.1) is 15.6 Å². The number of carbonyl (C=O) groups excluding carboxylic acids is 1. The molecule has 0 aliphatic carbocycles. The predicted octanol–water partition coefficient (Wildman–Crippen LogP) is 5.23. The second kappa shape index (κ2) is 8.97. The summed E-state index contributed by atoms with van der Waals surface area (Å²) >= 11 is 6.13. The first-order valence-corrected chi connectivity index (χ1v) is 11.3. The Hall–Kier alpha value is -3.43. The summed E-state index contributed by atoms with van der Waals surface area (Å²) in [6.45, 7) is 5.38. The van der Waals surface area contributed by atoms with Crippen LogP contribution in [0.25, 0.3) is 0 Å². The lowest BCUT2D eigenvalue weighted by atomic mass is 10.1. The first-order valence-electron chi connectivity index (χ1n) is 9.43.